The maximum atomic E-state index is 13.2. The molecule has 3 aromatic carbocycles. The fourth-order valence-electron chi connectivity index (χ4n) is 3.09. The molecular weight excluding hydrogens is 470 g/mol. The number of ether oxygens (including phenoxy) is 3. The molecule has 0 aliphatic heterocycles. The highest BCUT2D eigenvalue weighted by atomic mass is 16.6. The molecule has 0 aliphatic carbocycles. The molecule has 0 fully saturated rings. The summed E-state index contributed by atoms with van der Waals surface area (Å²) < 4.78 is 15.0. The lowest BCUT2D eigenvalue weighted by Crippen LogP contribution is -2.48. The molecule has 2 atom stereocenters. The number of para-hydroxylation sites is 1. The minimum absolute atomic E-state index is 0.0216. The van der Waals surface area contributed by atoms with E-state index in [4.69, 9.17) is 9.47 Å². The molecule has 36 heavy (non-hydrogen) atoms. The average molecular weight is 491 g/mol. The monoisotopic (exact) mass is 491 g/mol. The molecule has 3 rings (SSSR count). The molecule has 1 amide bonds. The van der Waals surface area contributed by atoms with Crippen molar-refractivity contribution in [1.82, 2.24) is 0 Å². The first kappa shape index (κ1) is 25.6. The number of carbonyl (C=O) groups excluding carboxylic acids is 4. The van der Waals surface area contributed by atoms with Gasteiger partial charge in [0.1, 0.15) is 0 Å². The van der Waals surface area contributed by atoms with Crippen LogP contribution in [-0.2, 0) is 23.8 Å². The van der Waals surface area contributed by atoms with Crippen LogP contribution < -0.4 is 5.32 Å². The highest BCUT2D eigenvalue weighted by Gasteiger charge is 2.41. The van der Waals surface area contributed by atoms with Crippen LogP contribution >= 0.6 is 0 Å². The first-order valence-electron chi connectivity index (χ1n) is 10.5. The lowest BCUT2D eigenvalue weighted by atomic mass is 10.1. The fourth-order valence-corrected chi connectivity index (χ4v) is 3.09. The molecule has 0 saturated carbocycles. The maximum absolute atomic E-state index is 13.2. The molecule has 0 unspecified atom stereocenters. The van der Waals surface area contributed by atoms with E-state index in [1.807, 2.05) is 0 Å². The van der Waals surface area contributed by atoms with Crippen LogP contribution in [0.2, 0.25) is 0 Å². The number of carboxylic acid groups (broad SMARTS) is 1. The minimum Gasteiger partial charge on any atom is -0.478 e. The second-order valence-corrected chi connectivity index (χ2v) is 7.25. The Morgan fingerprint density at radius 3 is 1.64 bits per heavy atom. The van der Waals surface area contributed by atoms with Gasteiger partial charge in [-0.1, -0.05) is 48.5 Å². The van der Waals surface area contributed by atoms with Gasteiger partial charge in [0.15, 0.2) is 0 Å². The fraction of sp³-hybridized carbons (Fsp3) is 0.115. The van der Waals surface area contributed by atoms with Crippen LogP contribution in [0.15, 0.2) is 84.9 Å². The van der Waals surface area contributed by atoms with Crippen LogP contribution in [0.25, 0.3) is 0 Å². The van der Waals surface area contributed by atoms with E-state index in [9.17, 15) is 29.1 Å². The zero-order valence-corrected chi connectivity index (χ0v) is 19.0. The normalized spacial score (nSPS) is 11.9. The summed E-state index contributed by atoms with van der Waals surface area (Å²) in [6.45, 7) is 0. The molecule has 0 heterocycles. The van der Waals surface area contributed by atoms with E-state index in [1.54, 1.807) is 24.3 Å². The van der Waals surface area contributed by atoms with Crippen LogP contribution in [0.4, 0.5) is 5.69 Å². The quantitative estimate of drug-likeness (QED) is 0.341. The molecule has 0 saturated heterocycles. The van der Waals surface area contributed by atoms with Crippen molar-refractivity contribution in [3.05, 3.63) is 102 Å². The van der Waals surface area contributed by atoms with Crippen molar-refractivity contribution in [2.45, 2.75) is 12.2 Å². The third-order valence-corrected chi connectivity index (χ3v) is 4.85. The topological polar surface area (TPSA) is 145 Å². The van der Waals surface area contributed by atoms with Crippen molar-refractivity contribution in [2.24, 2.45) is 0 Å². The number of hydrogen-bond acceptors (Lipinski definition) is 8. The summed E-state index contributed by atoms with van der Waals surface area (Å²) in [5, 5.41) is 12.2. The Bertz CT molecular complexity index is 1260. The van der Waals surface area contributed by atoms with Gasteiger partial charge in [-0.15, -0.1) is 0 Å². The van der Waals surface area contributed by atoms with Gasteiger partial charge in [-0.25, -0.2) is 19.2 Å². The third-order valence-electron chi connectivity index (χ3n) is 4.85. The van der Waals surface area contributed by atoms with Gasteiger partial charge < -0.3 is 24.6 Å². The van der Waals surface area contributed by atoms with Crippen LogP contribution in [0.5, 0.6) is 0 Å². The number of anilines is 1. The summed E-state index contributed by atoms with van der Waals surface area (Å²) in [4.78, 5) is 62.6. The third kappa shape index (κ3) is 6.32. The van der Waals surface area contributed by atoms with Crippen molar-refractivity contribution in [3.63, 3.8) is 0 Å². The van der Waals surface area contributed by atoms with Crippen molar-refractivity contribution in [1.29, 1.82) is 0 Å². The Morgan fingerprint density at radius 1 is 0.667 bits per heavy atom. The first-order valence-corrected chi connectivity index (χ1v) is 10.5. The summed E-state index contributed by atoms with van der Waals surface area (Å²) >= 11 is 0. The summed E-state index contributed by atoms with van der Waals surface area (Å²) in [5.41, 5.74) is -0.0135. The zero-order chi connectivity index (χ0) is 26.1. The van der Waals surface area contributed by atoms with E-state index >= 15 is 0 Å². The highest BCUT2D eigenvalue weighted by Crippen LogP contribution is 2.19. The maximum Gasteiger partial charge on any atom is 0.349 e. The summed E-state index contributed by atoms with van der Waals surface area (Å²) in [6, 6.07) is 20.8. The Labute approximate surface area is 205 Å². The van der Waals surface area contributed by atoms with Crippen molar-refractivity contribution >= 4 is 35.5 Å². The molecule has 184 valence electrons. The molecule has 10 nitrogen and oxygen atoms in total. The number of amides is 1. The predicted octanol–water partition coefficient (Wildman–Crippen LogP) is 2.95. The van der Waals surface area contributed by atoms with Crippen LogP contribution in [0.1, 0.15) is 31.1 Å². The number of esters is 3. The minimum atomic E-state index is -2.21. The number of rotatable bonds is 9. The van der Waals surface area contributed by atoms with E-state index < -0.39 is 42.0 Å². The SMILES string of the molecule is COC(=O)c1ccccc1NC(=O)[C@H](OC(=O)c1ccccc1)[C@@H](OC(=O)c1ccccc1)C(=O)O. The second kappa shape index (κ2) is 11.9. The number of methoxy groups -OCH3 is 1. The van der Waals surface area contributed by atoms with Crippen LogP contribution in [0.3, 0.4) is 0 Å². The van der Waals surface area contributed by atoms with E-state index in [0.29, 0.717) is 0 Å². The number of aliphatic carboxylic acids is 1. The number of nitrogens with one attached hydrogen (secondary N) is 1. The van der Waals surface area contributed by atoms with Gasteiger partial charge in [-0.3, -0.25) is 4.79 Å². The van der Waals surface area contributed by atoms with E-state index in [0.717, 1.165) is 7.11 Å². The van der Waals surface area contributed by atoms with E-state index in [1.165, 1.54) is 60.7 Å². The summed E-state index contributed by atoms with van der Waals surface area (Å²) in [5.74, 6) is -5.73. The number of carbonyl (C=O) groups is 5. The molecule has 0 spiro atoms. The van der Waals surface area contributed by atoms with Crippen molar-refractivity contribution in [3.8, 4) is 0 Å². The Kier molecular flexibility index (Phi) is 8.49. The lowest BCUT2D eigenvalue weighted by molar-refractivity contribution is -0.157. The second-order valence-electron chi connectivity index (χ2n) is 7.25. The predicted molar refractivity (Wildman–Crippen MR) is 125 cm³/mol. The Morgan fingerprint density at radius 2 is 1.14 bits per heavy atom. The van der Waals surface area contributed by atoms with Gasteiger partial charge in [0.2, 0.25) is 12.2 Å². The largest absolute Gasteiger partial charge is 0.478 e. The molecule has 10 heteroatoms. The van der Waals surface area contributed by atoms with Crippen LogP contribution in [0, 0.1) is 0 Å². The molecule has 0 aliphatic rings. The molecule has 2 N–H and O–H groups in total. The average Bonchev–Trinajstić information content (AvgIpc) is 2.91. The van der Waals surface area contributed by atoms with Gasteiger partial charge in [-0.2, -0.15) is 0 Å². The van der Waals surface area contributed by atoms with Gasteiger partial charge in [0.25, 0.3) is 5.91 Å². The van der Waals surface area contributed by atoms with Gasteiger partial charge in [0, 0.05) is 0 Å². The summed E-state index contributed by atoms with van der Waals surface area (Å²) in [6.07, 6.45) is -4.33. The van der Waals surface area contributed by atoms with Gasteiger partial charge in [0.05, 0.1) is 29.5 Å². The van der Waals surface area contributed by atoms with Crippen molar-refractivity contribution in [2.75, 3.05) is 12.4 Å². The molecule has 0 aromatic heterocycles. The van der Waals surface area contributed by atoms with E-state index in [2.05, 4.69) is 10.1 Å². The molecular formula is C26H21NO9. The van der Waals surface area contributed by atoms with E-state index in [-0.39, 0.29) is 22.4 Å². The Hall–Kier alpha value is -4.99. The number of carboxylic acids is 1. The highest BCUT2D eigenvalue weighted by molar-refractivity contribution is 6.05. The number of benzene rings is 3. The summed E-state index contributed by atoms with van der Waals surface area (Å²) in [7, 11) is 1.15. The standard InChI is InChI=1S/C26H21NO9/c1-34-26(33)18-14-8-9-15-19(18)27-22(28)20(35-24(31)16-10-4-2-5-11-16)21(23(29)30)36-25(32)17-12-6-3-7-13-17/h2-15,20-21H,1H3,(H,27,28)(H,29,30)/t20-,21-/m1/s1. The van der Waals surface area contributed by atoms with Crippen LogP contribution in [-0.4, -0.2) is 54.2 Å². The molecule has 3 aromatic rings. The molecule has 0 bridgehead atoms. The smallest absolute Gasteiger partial charge is 0.349 e. The Balaban J connectivity index is 1.95. The lowest BCUT2D eigenvalue weighted by Gasteiger charge is -2.24. The molecule has 0 radical (unpaired) electrons. The van der Waals surface area contributed by atoms with Crippen molar-refractivity contribution < 1.29 is 43.3 Å². The number of hydrogen-bond donors (Lipinski definition) is 2. The first-order chi connectivity index (χ1) is 17.3. The van der Waals surface area contributed by atoms with Gasteiger partial charge >= 0.3 is 23.9 Å². The van der Waals surface area contributed by atoms with Gasteiger partial charge in [-0.05, 0) is 36.4 Å². The zero-order valence-electron chi connectivity index (χ0n) is 19.0.